The maximum Gasteiger partial charge on any atom is 0.242 e. The SMILES string of the molecule is CC1(C)CNC(=O)C(CCN)N1c1cccc(Br)c1. The molecule has 0 aromatic heterocycles. The van der Waals surface area contributed by atoms with Crippen molar-refractivity contribution in [3.05, 3.63) is 28.7 Å². The van der Waals surface area contributed by atoms with E-state index in [9.17, 15) is 4.79 Å². The Morgan fingerprint density at radius 2 is 2.26 bits per heavy atom. The number of benzene rings is 1. The van der Waals surface area contributed by atoms with Crippen molar-refractivity contribution in [3.8, 4) is 0 Å². The maximum atomic E-state index is 12.1. The van der Waals surface area contributed by atoms with Gasteiger partial charge in [-0.05, 0) is 45.0 Å². The van der Waals surface area contributed by atoms with Gasteiger partial charge in [0.1, 0.15) is 6.04 Å². The van der Waals surface area contributed by atoms with Crippen LogP contribution in [-0.2, 0) is 4.79 Å². The van der Waals surface area contributed by atoms with E-state index >= 15 is 0 Å². The molecule has 1 fully saturated rings. The zero-order chi connectivity index (χ0) is 14.0. The van der Waals surface area contributed by atoms with Crippen LogP contribution < -0.4 is 16.0 Å². The van der Waals surface area contributed by atoms with Crippen molar-refractivity contribution in [2.75, 3.05) is 18.0 Å². The van der Waals surface area contributed by atoms with Crippen LogP contribution in [0, 0.1) is 0 Å². The molecular formula is C14H20BrN3O. The van der Waals surface area contributed by atoms with E-state index in [1.54, 1.807) is 0 Å². The second-order valence-electron chi connectivity index (χ2n) is 5.47. The van der Waals surface area contributed by atoms with Gasteiger partial charge in [0, 0.05) is 16.7 Å². The first kappa shape index (κ1) is 14.3. The monoisotopic (exact) mass is 325 g/mol. The Kier molecular flexibility index (Phi) is 4.16. The molecule has 1 saturated heterocycles. The minimum Gasteiger partial charge on any atom is -0.353 e. The molecule has 1 aromatic rings. The number of halogens is 1. The molecule has 0 bridgehead atoms. The fraction of sp³-hybridized carbons (Fsp3) is 0.500. The van der Waals surface area contributed by atoms with Crippen molar-refractivity contribution in [3.63, 3.8) is 0 Å². The lowest BCUT2D eigenvalue weighted by Crippen LogP contribution is -2.66. The van der Waals surface area contributed by atoms with Crippen molar-refractivity contribution in [1.29, 1.82) is 0 Å². The van der Waals surface area contributed by atoms with Gasteiger partial charge in [-0.3, -0.25) is 4.79 Å². The van der Waals surface area contributed by atoms with Gasteiger partial charge in [0.2, 0.25) is 5.91 Å². The minimum atomic E-state index is -0.206. The molecule has 1 heterocycles. The molecule has 2 rings (SSSR count). The van der Waals surface area contributed by atoms with Gasteiger partial charge in [0.05, 0.1) is 5.54 Å². The largest absolute Gasteiger partial charge is 0.353 e. The number of carbonyl (C=O) groups is 1. The summed E-state index contributed by atoms with van der Waals surface area (Å²) in [6, 6.07) is 7.85. The number of rotatable bonds is 3. The molecule has 1 aliphatic heterocycles. The van der Waals surface area contributed by atoms with Crippen molar-refractivity contribution in [1.82, 2.24) is 5.32 Å². The van der Waals surface area contributed by atoms with Gasteiger partial charge in [0.15, 0.2) is 0 Å². The summed E-state index contributed by atoms with van der Waals surface area (Å²) in [5, 5.41) is 2.97. The smallest absolute Gasteiger partial charge is 0.242 e. The zero-order valence-corrected chi connectivity index (χ0v) is 12.9. The van der Waals surface area contributed by atoms with E-state index < -0.39 is 0 Å². The van der Waals surface area contributed by atoms with Gasteiger partial charge in [-0.15, -0.1) is 0 Å². The van der Waals surface area contributed by atoms with Gasteiger partial charge in [0.25, 0.3) is 0 Å². The van der Waals surface area contributed by atoms with Crippen molar-refractivity contribution >= 4 is 27.5 Å². The number of amides is 1. The molecule has 0 saturated carbocycles. The Balaban J connectivity index is 2.42. The molecule has 0 aliphatic carbocycles. The van der Waals surface area contributed by atoms with Crippen LogP contribution in [0.25, 0.3) is 0 Å². The Morgan fingerprint density at radius 1 is 1.53 bits per heavy atom. The van der Waals surface area contributed by atoms with Crippen LogP contribution in [-0.4, -0.2) is 30.6 Å². The molecule has 1 atom stereocenters. The van der Waals surface area contributed by atoms with Gasteiger partial charge >= 0.3 is 0 Å². The highest BCUT2D eigenvalue weighted by Gasteiger charge is 2.40. The number of hydrogen-bond acceptors (Lipinski definition) is 3. The molecule has 104 valence electrons. The van der Waals surface area contributed by atoms with Crippen LogP contribution in [0.2, 0.25) is 0 Å². The maximum absolute atomic E-state index is 12.1. The third-order valence-electron chi connectivity index (χ3n) is 3.49. The molecule has 0 radical (unpaired) electrons. The highest BCUT2D eigenvalue weighted by atomic mass is 79.9. The third-order valence-corrected chi connectivity index (χ3v) is 3.98. The van der Waals surface area contributed by atoms with Gasteiger partial charge in [-0.25, -0.2) is 0 Å². The Labute approximate surface area is 122 Å². The lowest BCUT2D eigenvalue weighted by atomic mass is 9.93. The number of anilines is 1. The van der Waals surface area contributed by atoms with Crippen LogP contribution in [0.3, 0.4) is 0 Å². The second kappa shape index (κ2) is 5.51. The standard InChI is InChI=1S/C14H20BrN3O/c1-14(2)9-17-13(19)12(6-7-16)18(14)11-5-3-4-10(15)8-11/h3-5,8,12H,6-7,9,16H2,1-2H3,(H,17,19). The number of carbonyl (C=O) groups excluding carboxylic acids is 1. The summed E-state index contributed by atoms with van der Waals surface area (Å²) in [7, 11) is 0. The van der Waals surface area contributed by atoms with Crippen LogP contribution in [0.1, 0.15) is 20.3 Å². The predicted octanol–water partition coefficient (Wildman–Crippen LogP) is 1.88. The number of nitrogens with zero attached hydrogens (tertiary/aromatic N) is 1. The van der Waals surface area contributed by atoms with Gasteiger partial charge < -0.3 is 16.0 Å². The summed E-state index contributed by atoms with van der Waals surface area (Å²) in [5.74, 6) is 0.0600. The van der Waals surface area contributed by atoms with Crippen LogP contribution in [0.5, 0.6) is 0 Å². The van der Waals surface area contributed by atoms with E-state index in [1.165, 1.54) is 0 Å². The first-order chi connectivity index (χ1) is 8.95. The molecule has 1 unspecified atom stereocenters. The quantitative estimate of drug-likeness (QED) is 0.892. The van der Waals surface area contributed by atoms with Crippen molar-refractivity contribution in [2.45, 2.75) is 31.8 Å². The van der Waals surface area contributed by atoms with Crippen LogP contribution in [0.15, 0.2) is 28.7 Å². The van der Waals surface area contributed by atoms with Gasteiger partial charge in [-0.2, -0.15) is 0 Å². The van der Waals surface area contributed by atoms with Crippen molar-refractivity contribution in [2.24, 2.45) is 5.73 Å². The number of hydrogen-bond donors (Lipinski definition) is 2. The zero-order valence-electron chi connectivity index (χ0n) is 11.3. The summed E-state index contributed by atoms with van der Waals surface area (Å²) >= 11 is 3.49. The molecular weight excluding hydrogens is 306 g/mol. The summed E-state index contributed by atoms with van der Waals surface area (Å²) in [4.78, 5) is 14.3. The van der Waals surface area contributed by atoms with Crippen LogP contribution in [0.4, 0.5) is 5.69 Å². The lowest BCUT2D eigenvalue weighted by Gasteiger charge is -2.48. The van der Waals surface area contributed by atoms with E-state index in [1.807, 2.05) is 24.3 Å². The summed E-state index contributed by atoms with van der Waals surface area (Å²) in [5.41, 5.74) is 6.58. The first-order valence-electron chi connectivity index (χ1n) is 6.48. The average molecular weight is 326 g/mol. The molecule has 3 N–H and O–H groups in total. The molecule has 0 spiro atoms. The highest BCUT2D eigenvalue weighted by molar-refractivity contribution is 9.10. The Hall–Kier alpha value is -1.07. The molecule has 1 aromatic carbocycles. The van der Waals surface area contributed by atoms with E-state index in [-0.39, 0.29) is 17.5 Å². The van der Waals surface area contributed by atoms with E-state index in [0.717, 1.165) is 10.2 Å². The predicted molar refractivity (Wildman–Crippen MR) is 81.2 cm³/mol. The average Bonchev–Trinajstić information content (AvgIpc) is 2.34. The molecule has 5 heteroatoms. The summed E-state index contributed by atoms with van der Waals surface area (Å²) < 4.78 is 1.01. The van der Waals surface area contributed by atoms with E-state index in [4.69, 9.17) is 5.73 Å². The fourth-order valence-electron chi connectivity index (χ4n) is 2.62. The Bertz CT molecular complexity index is 476. The minimum absolute atomic E-state index is 0.0600. The topological polar surface area (TPSA) is 58.4 Å². The highest BCUT2D eigenvalue weighted by Crippen LogP contribution is 2.31. The summed E-state index contributed by atoms with van der Waals surface area (Å²) in [6.07, 6.45) is 0.655. The van der Waals surface area contributed by atoms with Gasteiger partial charge in [-0.1, -0.05) is 22.0 Å². The Morgan fingerprint density at radius 3 is 2.89 bits per heavy atom. The number of piperazine rings is 1. The van der Waals surface area contributed by atoms with E-state index in [0.29, 0.717) is 19.5 Å². The summed E-state index contributed by atoms with van der Waals surface area (Å²) in [6.45, 7) is 5.41. The normalized spacial score (nSPS) is 22.2. The van der Waals surface area contributed by atoms with Crippen LogP contribution >= 0.6 is 15.9 Å². The first-order valence-corrected chi connectivity index (χ1v) is 7.28. The molecule has 1 aliphatic rings. The fourth-order valence-corrected chi connectivity index (χ4v) is 3.01. The van der Waals surface area contributed by atoms with E-state index in [2.05, 4.69) is 40.0 Å². The molecule has 19 heavy (non-hydrogen) atoms. The number of nitrogens with one attached hydrogen (secondary N) is 1. The third kappa shape index (κ3) is 2.92. The number of nitrogens with two attached hydrogens (primary N) is 1. The molecule has 1 amide bonds. The lowest BCUT2D eigenvalue weighted by molar-refractivity contribution is -0.124. The van der Waals surface area contributed by atoms with Crippen molar-refractivity contribution < 1.29 is 4.79 Å². The second-order valence-corrected chi connectivity index (χ2v) is 6.39. The molecule has 4 nitrogen and oxygen atoms in total.